The molecule has 0 fully saturated rings. The predicted octanol–water partition coefficient (Wildman–Crippen LogP) is 2.89. The maximum absolute atomic E-state index is 6.24. The van der Waals surface area contributed by atoms with Crippen molar-refractivity contribution in [3.8, 4) is 0 Å². The van der Waals surface area contributed by atoms with Gasteiger partial charge in [0.05, 0.1) is 0 Å². The molecular formula is C29H31IN4O. The first-order valence-corrected chi connectivity index (χ1v) is 12.0. The number of pyridine rings is 1. The van der Waals surface area contributed by atoms with E-state index in [0.29, 0.717) is 5.71 Å². The van der Waals surface area contributed by atoms with Crippen LogP contribution in [0.2, 0.25) is 0 Å². The van der Waals surface area contributed by atoms with Crippen LogP contribution in [0.1, 0.15) is 37.6 Å². The molecule has 35 heavy (non-hydrogen) atoms. The van der Waals surface area contributed by atoms with E-state index in [4.69, 9.17) is 4.42 Å². The van der Waals surface area contributed by atoms with Crippen LogP contribution in [0.3, 0.4) is 0 Å². The Morgan fingerprint density at radius 1 is 0.971 bits per heavy atom. The van der Waals surface area contributed by atoms with Crippen molar-refractivity contribution in [3.63, 3.8) is 0 Å². The van der Waals surface area contributed by atoms with Gasteiger partial charge in [-0.1, -0.05) is 18.2 Å². The highest BCUT2D eigenvalue weighted by Gasteiger charge is 2.49. The van der Waals surface area contributed by atoms with E-state index in [1.807, 2.05) is 6.92 Å². The number of fused-ring (bicyclic) bond motifs is 4. The van der Waals surface area contributed by atoms with Crippen LogP contribution in [0.4, 0.5) is 17.2 Å². The van der Waals surface area contributed by atoms with Gasteiger partial charge >= 0.3 is 0 Å². The third kappa shape index (κ3) is 3.41. The molecule has 6 heteroatoms. The van der Waals surface area contributed by atoms with Crippen LogP contribution >= 0.6 is 0 Å². The van der Waals surface area contributed by atoms with Gasteiger partial charge in [0, 0.05) is 48.3 Å². The molecule has 0 saturated heterocycles. The van der Waals surface area contributed by atoms with Gasteiger partial charge in [0.15, 0.2) is 11.9 Å². The molecule has 5 aromatic rings. The lowest BCUT2D eigenvalue weighted by atomic mass is 9.84. The van der Waals surface area contributed by atoms with Crippen LogP contribution in [-0.4, -0.2) is 15.7 Å². The SMILES string of the molecule is Cc1ccc2c(n1)oc1ccc(C)c(C(C)(C)[NH+]3c4ccccc4N(c4cccn4C)[C@H]3C)c12.[I-]. The fourth-order valence-corrected chi connectivity index (χ4v) is 6.24. The second kappa shape index (κ2) is 8.38. The van der Waals surface area contributed by atoms with E-state index in [0.717, 1.165) is 16.7 Å². The molecule has 1 unspecified atom stereocenters. The zero-order chi connectivity index (χ0) is 23.8. The monoisotopic (exact) mass is 578 g/mol. The second-order valence-corrected chi connectivity index (χ2v) is 10.1. The van der Waals surface area contributed by atoms with Gasteiger partial charge in [0.25, 0.3) is 0 Å². The summed E-state index contributed by atoms with van der Waals surface area (Å²) < 4.78 is 8.45. The molecule has 0 aliphatic carbocycles. The Balaban J connectivity index is 0.00000253. The summed E-state index contributed by atoms with van der Waals surface area (Å²) in [6.07, 6.45) is 2.32. The van der Waals surface area contributed by atoms with Gasteiger partial charge < -0.3 is 33.0 Å². The van der Waals surface area contributed by atoms with Crippen molar-refractivity contribution in [2.24, 2.45) is 7.05 Å². The lowest BCUT2D eigenvalue weighted by molar-refractivity contribution is -0.910. The molecule has 0 saturated carbocycles. The number of benzene rings is 2. The molecule has 1 aliphatic heterocycles. The molecule has 5 nitrogen and oxygen atoms in total. The summed E-state index contributed by atoms with van der Waals surface area (Å²) in [5.41, 5.74) is 7.53. The topological polar surface area (TPSA) is 38.6 Å². The van der Waals surface area contributed by atoms with Crippen molar-refractivity contribution in [1.82, 2.24) is 9.55 Å². The Kier molecular flexibility index (Phi) is 5.72. The Hall–Kier alpha value is -2.84. The van der Waals surface area contributed by atoms with Gasteiger partial charge in [0.1, 0.15) is 22.6 Å². The maximum atomic E-state index is 6.24. The summed E-state index contributed by atoms with van der Waals surface area (Å²) in [7, 11) is 2.12. The highest BCUT2D eigenvalue weighted by molar-refractivity contribution is 6.06. The van der Waals surface area contributed by atoms with E-state index in [-0.39, 0.29) is 35.7 Å². The summed E-state index contributed by atoms with van der Waals surface area (Å²) in [5, 5.41) is 2.27. The number of para-hydroxylation sites is 2. The summed E-state index contributed by atoms with van der Waals surface area (Å²) in [6.45, 7) is 11.3. The molecule has 3 aromatic heterocycles. The number of aryl methyl sites for hydroxylation is 3. The lowest BCUT2D eigenvalue weighted by Gasteiger charge is -2.38. The summed E-state index contributed by atoms with van der Waals surface area (Å²) in [5.74, 6) is 1.20. The smallest absolute Gasteiger partial charge is 0.227 e. The molecular weight excluding hydrogens is 547 g/mol. The molecule has 0 spiro atoms. The van der Waals surface area contributed by atoms with Crippen molar-refractivity contribution < 1.29 is 33.3 Å². The number of halogens is 1. The fraction of sp³-hybridized carbons (Fsp3) is 0.276. The molecule has 2 atom stereocenters. The first-order valence-electron chi connectivity index (χ1n) is 12.0. The summed E-state index contributed by atoms with van der Waals surface area (Å²) in [4.78, 5) is 8.58. The third-order valence-corrected chi connectivity index (χ3v) is 7.57. The van der Waals surface area contributed by atoms with Crippen LogP contribution in [-0.2, 0) is 12.6 Å². The van der Waals surface area contributed by atoms with E-state index < -0.39 is 0 Å². The maximum Gasteiger partial charge on any atom is 0.227 e. The minimum absolute atomic E-state index is 0. The lowest BCUT2D eigenvalue weighted by Crippen LogP contribution is -3.16. The van der Waals surface area contributed by atoms with Crippen molar-refractivity contribution >= 4 is 39.3 Å². The van der Waals surface area contributed by atoms with Gasteiger partial charge in [-0.05, 0) is 69.7 Å². The number of rotatable bonds is 3. The zero-order valence-electron chi connectivity index (χ0n) is 21.1. The molecule has 1 N–H and O–H groups in total. The van der Waals surface area contributed by atoms with Gasteiger partial charge in [0.2, 0.25) is 5.71 Å². The van der Waals surface area contributed by atoms with Crippen LogP contribution in [0.15, 0.2) is 71.3 Å². The van der Waals surface area contributed by atoms with Gasteiger partial charge in [-0.2, -0.15) is 0 Å². The number of nitrogens with one attached hydrogen (secondary N) is 1. The van der Waals surface area contributed by atoms with Crippen molar-refractivity contribution in [1.29, 1.82) is 0 Å². The van der Waals surface area contributed by atoms with E-state index >= 15 is 0 Å². The largest absolute Gasteiger partial charge is 1.00 e. The molecule has 0 amide bonds. The molecule has 1 aliphatic rings. The van der Waals surface area contributed by atoms with Crippen molar-refractivity contribution in [2.75, 3.05) is 4.90 Å². The van der Waals surface area contributed by atoms with Crippen LogP contribution in [0, 0.1) is 13.8 Å². The molecule has 0 radical (unpaired) electrons. The Morgan fingerprint density at radius 2 is 1.74 bits per heavy atom. The van der Waals surface area contributed by atoms with Gasteiger partial charge in [-0.3, -0.25) is 9.80 Å². The van der Waals surface area contributed by atoms with E-state index in [2.05, 4.69) is 116 Å². The summed E-state index contributed by atoms with van der Waals surface area (Å²) in [6, 6.07) is 21.7. The van der Waals surface area contributed by atoms with Gasteiger partial charge in [-0.15, -0.1) is 0 Å². The van der Waals surface area contributed by atoms with Crippen LogP contribution in [0.5, 0.6) is 0 Å². The third-order valence-electron chi connectivity index (χ3n) is 7.57. The number of hydrogen-bond donors (Lipinski definition) is 1. The zero-order valence-corrected chi connectivity index (χ0v) is 23.2. The Morgan fingerprint density at radius 3 is 2.49 bits per heavy atom. The second-order valence-electron chi connectivity index (χ2n) is 10.1. The average Bonchev–Trinajstić information content (AvgIpc) is 3.45. The molecule has 6 rings (SSSR count). The number of furan rings is 1. The average molecular weight is 578 g/mol. The standard InChI is InChI=1S/C29H30N4O.HI/c1-18-13-16-24-26(21-15-14-19(2)30-28(21)34-24)27(18)29(4,5)33-20(3)32(25-12-9-17-31(25)6)22-10-7-8-11-23(22)33;/h7-17,20H,1-6H3;1H/t20-;/m1./s1. The molecule has 2 aromatic carbocycles. The quantitative estimate of drug-likeness (QED) is 0.335. The molecule has 4 heterocycles. The number of aromatic nitrogens is 2. The highest BCUT2D eigenvalue weighted by atomic mass is 127. The van der Waals surface area contributed by atoms with Crippen molar-refractivity contribution in [3.05, 3.63) is 83.7 Å². The van der Waals surface area contributed by atoms with Gasteiger partial charge in [-0.25, -0.2) is 4.98 Å². The van der Waals surface area contributed by atoms with E-state index in [9.17, 15) is 0 Å². The Bertz CT molecular complexity index is 1560. The molecule has 180 valence electrons. The van der Waals surface area contributed by atoms with Crippen LogP contribution in [0.25, 0.3) is 22.1 Å². The van der Waals surface area contributed by atoms with Crippen molar-refractivity contribution in [2.45, 2.75) is 46.3 Å². The predicted molar refractivity (Wildman–Crippen MR) is 138 cm³/mol. The highest BCUT2D eigenvalue weighted by Crippen LogP contribution is 2.41. The number of quaternary nitrogens is 1. The van der Waals surface area contributed by atoms with E-state index in [1.165, 1.54) is 38.6 Å². The minimum atomic E-state index is -0.235. The normalized spacial score (nSPS) is 17.7. The minimum Gasteiger partial charge on any atom is -1.00 e. The first kappa shape index (κ1) is 23.9. The number of nitrogens with zero attached hydrogens (tertiary/aromatic N) is 3. The Labute approximate surface area is 223 Å². The van der Waals surface area contributed by atoms with Crippen LogP contribution < -0.4 is 33.8 Å². The summed E-state index contributed by atoms with van der Waals surface area (Å²) >= 11 is 0. The molecule has 0 bridgehead atoms. The number of anilines is 2. The fourth-order valence-electron chi connectivity index (χ4n) is 6.24. The number of hydrogen-bond acceptors (Lipinski definition) is 3. The first-order chi connectivity index (χ1) is 16.3. The van der Waals surface area contributed by atoms with E-state index in [1.54, 1.807) is 0 Å².